The van der Waals surface area contributed by atoms with Crippen LogP contribution in [0.5, 0.6) is 11.5 Å². The molecule has 0 radical (unpaired) electrons. The second kappa shape index (κ2) is 8.37. The normalized spacial score (nSPS) is 16.4. The Labute approximate surface area is 202 Å². The van der Waals surface area contributed by atoms with Crippen molar-refractivity contribution in [3.63, 3.8) is 0 Å². The lowest BCUT2D eigenvalue weighted by molar-refractivity contribution is -0.116. The van der Waals surface area contributed by atoms with Gasteiger partial charge in [0.1, 0.15) is 18.6 Å². The van der Waals surface area contributed by atoms with E-state index in [1.54, 1.807) is 39.6 Å². The number of carbonyl (C=O) groups is 1. The average molecular weight is 496 g/mol. The highest BCUT2D eigenvalue weighted by atomic mass is 35.5. The lowest BCUT2D eigenvalue weighted by Crippen LogP contribution is -2.27. The number of rotatable bonds is 4. The fourth-order valence-electron chi connectivity index (χ4n) is 4.12. The van der Waals surface area contributed by atoms with Crippen LogP contribution in [0.25, 0.3) is 16.7 Å². The number of carbonyl (C=O) groups excluding carboxylic acids is 1. The molecule has 1 N–H and O–H groups in total. The van der Waals surface area contributed by atoms with Crippen molar-refractivity contribution < 1.29 is 14.3 Å². The molecular weight excluding hydrogens is 478 g/mol. The number of hydrogen-bond acceptors (Lipinski definition) is 7. The number of ether oxygens (including phenoxy) is 2. The Morgan fingerprint density at radius 3 is 2.88 bits per heavy atom. The van der Waals surface area contributed by atoms with Gasteiger partial charge in [0.15, 0.2) is 22.3 Å². The van der Waals surface area contributed by atoms with E-state index in [0.29, 0.717) is 57.4 Å². The van der Waals surface area contributed by atoms with Crippen LogP contribution in [0.1, 0.15) is 12.5 Å². The van der Waals surface area contributed by atoms with Crippen LogP contribution in [0.15, 0.2) is 58.6 Å². The second-order valence-corrected chi connectivity index (χ2v) is 9.34. The minimum Gasteiger partial charge on any atom is -0.486 e. The van der Waals surface area contributed by atoms with Crippen molar-refractivity contribution in [2.24, 2.45) is 0 Å². The first-order chi connectivity index (χ1) is 16.6. The second-order valence-electron chi connectivity index (χ2n) is 7.92. The first-order valence-corrected chi connectivity index (χ1v) is 12.0. The van der Waals surface area contributed by atoms with Crippen molar-refractivity contribution in [3.05, 3.63) is 64.0 Å². The number of nitrogens with one attached hydrogen (secondary N) is 1. The van der Waals surface area contributed by atoms with Crippen LogP contribution in [0.3, 0.4) is 0 Å². The first kappa shape index (κ1) is 21.1. The lowest BCUT2D eigenvalue weighted by Gasteiger charge is -2.19. The highest BCUT2D eigenvalue weighted by Crippen LogP contribution is 2.35. The van der Waals surface area contributed by atoms with Gasteiger partial charge in [-0.25, -0.2) is 9.67 Å². The van der Waals surface area contributed by atoms with Crippen LogP contribution < -0.4 is 20.3 Å². The molecule has 11 heteroatoms. The maximum absolute atomic E-state index is 13.3. The van der Waals surface area contributed by atoms with E-state index < -0.39 is 0 Å². The summed E-state index contributed by atoms with van der Waals surface area (Å²) in [4.78, 5) is 30.8. The predicted molar refractivity (Wildman–Crippen MR) is 129 cm³/mol. The third kappa shape index (κ3) is 3.68. The number of anilines is 1. The van der Waals surface area contributed by atoms with Crippen LogP contribution in [-0.2, 0) is 4.79 Å². The highest BCUT2D eigenvalue weighted by molar-refractivity contribution is 7.99. The predicted octanol–water partition coefficient (Wildman–Crippen LogP) is 3.68. The maximum Gasteiger partial charge on any atom is 0.265 e. The number of amides is 1. The van der Waals surface area contributed by atoms with E-state index in [0.717, 1.165) is 5.69 Å². The monoisotopic (exact) mass is 495 g/mol. The Kier molecular flexibility index (Phi) is 5.19. The zero-order chi connectivity index (χ0) is 23.2. The van der Waals surface area contributed by atoms with Gasteiger partial charge in [-0.15, -0.1) is 0 Å². The molecule has 4 aromatic rings. The van der Waals surface area contributed by atoms with Gasteiger partial charge in [0, 0.05) is 29.0 Å². The quantitative estimate of drug-likeness (QED) is 0.431. The van der Waals surface area contributed by atoms with Gasteiger partial charge in [-0.2, -0.15) is 5.10 Å². The molecule has 0 aliphatic carbocycles. The minimum absolute atomic E-state index is 0.143. The van der Waals surface area contributed by atoms with E-state index in [9.17, 15) is 9.59 Å². The molecule has 4 heterocycles. The Balaban J connectivity index is 1.26. The number of halogens is 1. The highest BCUT2D eigenvalue weighted by Gasteiger charge is 2.29. The molecule has 2 aliphatic heterocycles. The molecule has 0 fully saturated rings. The average Bonchev–Trinajstić information content (AvgIpc) is 3.44. The third-order valence-corrected chi connectivity index (χ3v) is 7.00. The van der Waals surface area contributed by atoms with Gasteiger partial charge in [0.05, 0.1) is 17.9 Å². The van der Waals surface area contributed by atoms with Crippen molar-refractivity contribution in [2.45, 2.75) is 17.6 Å². The summed E-state index contributed by atoms with van der Waals surface area (Å²) >= 11 is 7.57. The molecule has 2 aromatic carbocycles. The van der Waals surface area contributed by atoms with E-state index >= 15 is 0 Å². The molecule has 0 saturated carbocycles. The van der Waals surface area contributed by atoms with Gasteiger partial charge in [-0.1, -0.05) is 29.4 Å². The number of thioether (sulfide) groups is 1. The SMILES string of the molecule is O=C(CC1CSc2nc3c(cnn3-c3cccc(Cl)c3)c(=O)n21)Nc1ccc2c(c1)OCCO2. The molecule has 34 heavy (non-hydrogen) atoms. The molecule has 172 valence electrons. The molecule has 0 saturated heterocycles. The van der Waals surface area contributed by atoms with Crippen LogP contribution in [0, 0.1) is 0 Å². The van der Waals surface area contributed by atoms with E-state index in [4.69, 9.17) is 26.1 Å². The minimum atomic E-state index is -0.309. The summed E-state index contributed by atoms with van der Waals surface area (Å²) in [5.74, 6) is 1.64. The fraction of sp³-hybridized carbons (Fsp3) is 0.217. The van der Waals surface area contributed by atoms with Crippen molar-refractivity contribution in [2.75, 3.05) is 24.3 Å². The zero-order valence-electron chi connectivity index (χ0n) is 17.7. The smallest absolute Gasteiger partial charge is 0.265 e. The van der Waals surface area contributed by atoms with E-state index in [1.165, 1.54) is 18.0 Å². The van der Waals surface area contributed by atoms with Crippen molar-refractivity contribution >= 4 is 46.0 Å². The Bertz CT molecular complexity index is 1500. The summed E-state index contributed by atoms with van der Waals surface area (Å²) in [6.07, 6.45) is 1.65. The summed E-state index contributed by atoms with van der Waals surface area (Å²) in [6.45, 7) is 0.976. The summed E-state index contributed by atoms with van der Waals surface area (Å²) in [7, 11) is 0. The summed E-state index contributed by atoms with van der Waals surface area (Å²) in [5, 5.41) is 8.77. The number of nitrogens with zero attached hydrogens (tertiary/aromatic N) is 4. The van der Waals surface area contributed by atoms with Crippen LogP contribution in [0.4, 0.5) is 5.69 Å². The van der Waals surface area contributed by atoms with Gasteiger partial charge in [0.2, 0.25) is 5.91 Å². The Morgan fingerprint density at radius 1 is 1.18 bits per heavy atom. The molecule has 2 aliphatic rings. The lowest BCUT2D eigenvalue weighted by atomic mass is 10.2. The van der Waals surface area contributed by atoms with Crippen molar-refractivity contribution in [1.29, 1.82) is 0 Å². The molecule has 2 aromatic heterocycles. The molecule has 9 nitrogen and oxygen atoms in total. The maximum atomic E-state index is 13.3. The fourth-order valence-corrected chi connectivity index (χ4v) is 5.44. The molecule has 1 atom stereocenters. The molecule has 1 unspecified atom stereocenters. The Hall–Kier alpha value is -3.50. The molecule has 0 bridgehead atoms. The Morgan fingerprint density at radius 2 is 2.03 bits per heavy atom. The van der Waals surface area contributed by atoms with Gasteiger partial charge < -0.3 is 14.8 Å². The summed E-state index contributed by atoms with van der Waals surface area (Å²) in [6, 6.07) is 12.2. The van der Waals surface area contributed by atoms with Crippen LogP contribution >= 0.6 is 23.4 Å². The zero-order valence-corrected chi connectivity index (χ0v) is 19.3. The molecule has 6 rings (SSSR count). The topological polar surface area (TPSA) is 100 Å². The number of benzene rings is 2. The van der Waals surface area contributed by atoms with Gasteiger partial charge in [0.25, 0.3) is 5.56 Å². The summed E-state index contributed by atoms with van der Waals surface area (Å²) in [5.41, 5.74) is 1.59. The summed E-state index contributed by atoms with van der Waals surface area (Å²) < 4.78 is 14.3. The molecule has 1 amide bonds. The molecule has 0 spiro atoms. The number of hydrogen-bond donors (Lipinski definition) is 1. The molecular formula is C23H18ClN5O4S. The van der Waals surface area contributed by atoms with Crippen LogP contribution in [0.2, 0.25) is 5.02 Å². The number of fused-ring (bicyclic) bond motifs is 3. The van der Waals surface area contributed by atoms with Crippen LogP contribution in [-0.4, -0.2) is 44.2 Å². The standard InChI is InChI=1S/C23H18ClN5O4S/c24-13-2-1-3-15(8-13)29-21-17(11-25-29)22(31)28-16(12-34-23(28)27-21)10-20(30)26-14-4-5-18-19(9-14)33-7-6-32-18/h1-5,8-9,11,16H,6-7,10,12H2,(H,26,30). The van der Waals surface area contributed by atoms with Gasteiger partial charge in [-0.3, -0.25) is 14.2 Å². The van der Waals surface area contributed by atoms with Gasteiger partial charge >= 0.3 is 0 Å². The van der Waals surface area contributed by atoms with E-state index in [2.05, 4.69) is 10.4 Å². The van der Waals surface area contributed by atoms with Gasteiger partial charge in [-0.05, 0) is 30.3 Å². The third-order valence-electron chi connectivity index (χ3n) is 5.67. The van der Waals surface area contributed by atoms with Crippen molar-refractivity contribution in [1.82, 2.24) is 19.3 Å². The largest absolute Gasteiger partial charge is 0.486 e. The van der Waals surface area contributed by atoms with E-state index in [1.807, 2.05) is 12.1 Å². The van der Waals surface area contributed by atoms with E-state index in [-0.39, 0.29) is 23.9 Å². The first-order valence-electron chi connectivity index (χ1n) is 10.7. The van der Waals surface area contributed by atoms with Crippen molar-refractivity contribution in [3.8, 4) is 17.2 Å². The number of aromatic nitrogens is 4.